The molecule has 106 valence electrons. The Morgan fingerprint density at radius 1 is 1.55 bits per heavy atom. The summed E-state index contributed by atoms with van der Waals surface area (Å²) in [5.74, 6) is 4.73. The summed E-state index contributed by atoms with van der Waals surface area (Å²) < 4.78 is 14.0. The lowest BCUT2D eigenvalue weighted by Gasteiger charge is -2.31. The Morgan fingerprint density at radius 2 is 2.35 bits per heavy atom. The SMILES string of the molecule is CC1CCCN(C(=O)c2ccc(C#CCO)cc2F)C1. The van der Waals surface area contributed by atoms with Crippen LogP contribution >= 0.6 is 0 Å². The molecule has 0 radical (unpaired) electrons. The zero-order chi connectivity index (χ0) is 14.5. The van der Waals surface area contributed by atoms with Crippen molar-refractivity contribution >= 4 is 5.91 Å². The summed E-state index contributed by atoms with van der Waals surface area (Å²) in [4.78, 5) is 14.0. The number of amides is 1. The summed E-state index contributed by atoms with van der Waals surface area (Å²) in [5, 5.41) is 8.61. The third-order valence-electron chi connectivity index (χ3n) is 3.46. The highest BCUT2D eigenvalue weighted by atomic mass is 19.1. The van der Waals surface area contributed by atoms with Crippen molar-refractivity contribution in [3.05, 3.63) is 35.1 Å². The van der Waals surface area contributed by atoms with Crippen LogP contribution in [0, 0.1) is 23.6 Å². The minimum atomic E-state index is -0.557. The second-order valence-corrected chi connectivity index (χ2v) is 5.15. The van der Waals surface area contributed by atoms with E-state index in [-0.39, 0.29) is 18.1 Å². The van der Waals surface area contributed by atoms with Crippen LogP contribution in [0.25, 0.3) is 0 Å². The highest BCUT2D eigenvalue weighted by Crippen LogP contribution is 2.19. The topological polar surface area (TPSA) is 40.5 Å². The number of aliphatic hydroxyl groups is 1. The normalized spacial score (nSPS) is 18.4. The van der Waals surface area contributed by atoms with Crippen LogP contribution in [0.3, 0.4) is 0 Å². The highest BCUT2D eigenvalue weighted by molar-refractivity contribution is 5.94. The van der Waals surface area contributed by atoms with E-state index in [0.29, 0.717) is 24.6 Å². The Kier molecular flexibility index (Phi) is 4.75. The molecular weight excluding hydrogens is 257 g/mol. The van der Waals surface area contributed by atoms with Crippen LogP contribution in [0.4, 0.5) is 4.39 Å². The highest BCUT2D eigenvalue weighted by Gasteiger charge is 2.23. The Balaban J connectivity index is 2.17. The van der Waals surface area contributed by atoms with Gasteiger partial charge in [-0.05, 0) is 37.0 Å². The number of hydrogen-bond acceptors (Lipinski definition) is 2. The molecule has 1 N–H and O–H groups in total. The zero-order valence-electron chi connectivity index (χ0n) is 11.5. The third-order valence-corrected chi connectivity index (χ3v) is 3.46. The molecule has 2 rings (SSSR count). The number of halogens is 1. The second-order valence-electron chi connectivity index (χ2n) is 5.15. The van der Waals surface area contributed by atoms with Crippen LogP contribution in [0.2, 0.25) is 0 Å². The van der Waals surface area contributed by atoms with Gasteiger partial charge in [0.05, 0.1) is 5.56 Å². The lowest BCUT2D eigenvalue weighted by Crippen LogP contribution is -2.39. The first kappa shape index (κ1) is 14.5. The Hall–Kier alpha value is -1.86. The maximum absolute atomic E-state index is 14.0. The van der Waals surface area contributed by atoms with Gasteiger partial charge < -0.3 is 10.0 Å². The predicted octanol–water partition coefficient (Wildman–Crippen LogP) is 2.04. The van der Waals surface area contributed by atoms with E-state index in [2.05, 4.69) is 18.8 Å². The number of benzene rings is 1. The number of likely N-dealkylation sites (tertiary alicyclic amines) is 1. The summed E-state index contributed by atoms with van der Waals surface area (Å²) in [6, 6.07) is 4.31. The first-order valence-corrected chi connectivity index (χ1v) is 6.80. The summed E-state index contributed by atoms with van der Waals surface area (Å²) in [5.41, 5.74) is 0.550. The van der Waals surface area contributed by atoms with E-state index in [1.165, 1.54) is 12.1 Å². The fourth-order valence-electron chi connectivity index (χ4n) is 2.45. The molecule has 1 aliphatic heterocycles. The van der Waals surface area contributed by atoms with E-state index in [1.54, 1.807) is 11.0 Å². The average molecular weight is 275 g/mol. The molecule has 1 saturated heterocycles. The molecule has 1 heterocycles. The van der Waals surface area contributed by atoms with E-state index in [9.17, 15) is 9.18 Å². The average Bonchev–Trinajstić information content (AvgIpc) is 2.44. The lowest BCUT2D eigenvalue weighted by atomic mass is 9.99. The van der Waals surface area contributed by atoms with Gasteiger partial charge in [-0.1, -0.05) is 18.8 Å². The summed E-state index contributed by atoms with van der Waals surface area (Å²) in [6.07, 6.45) is 2.08. The largest absolute Gasteiger partial charge is 0.384 e. The molecule has 4 heteroatoms. The van der Waals surface area contributed by atoms with Gasteiger partial charge in [0.25, 0.3) is 5.91 Å². The summed E-state index contributed by atoms with van der Waals surface area (Å²) in [7, 11) is 0. The minimum Gasteiger partial charge on any atom is -0.384 e. The molecule has 1 unspecified atom stereocenters. The Labute approximate surface area is 118 Å². The third kappa shape index (κ3) is 3.37. The molecule has 1 amide bonds. The van der Waals surface area contributed by atoms with Gasteiger partial charge in [-0.25, -0.2) is 4.39 Å². The van der Waals surface area contributed by atoms with Crippen molar-refractivity contribution in [3.8, 4) is 11.8 Å². The first-order chi connectivity index (χ1) is 9.61. The fraction of sp³-hybridized carbons (Fsp3) is 0.438. The van der Waals surface area contributed by atoms with Crippen LogP contribution in [-0.2, 0) is 0 Å². The van der Waals surface area contributed by atoms with Crippen molar-refractivity contribution in [1.29, 1.82) is 0 Å². The molecule has 0 aliphatic carbocycles. The number of hydrogen-bond donors (Lipinski definition) is 1. The van der Waals surface area contributed by atoms with Gasteiger partial charge in [0.2, 0.25) is 0 Å². The number of carbonyl (C=O) groups excluding carboxylic acids is 1. The van der Waals surface area contributed by atoms with Crippen LogP contribution in [0.1, 0.15) is 35.7 Å². The van der Waals surface area contributed by atoms with Crippen molar-refractivity contribution in [2.45, 2.75) is 19.8 Å². The molecule has 1 atom stereocenters. The van der Waals surface area contributed by atoms with Gasteiger partial charge in [-0.15, -0.1) is 0 Å². The van der Waals surface area contributed by atoms with Gasteiger partial charge in [0.15, 0.2) is 0 Å². The molecule has 0 saturated carbocycles. The predicted molar refractivity (Wildman–Crippen MR) is 74.7 cm³/mol. The molecule has 1 aromatic carbocycles. The van der Waals surface area contributed by atoms with E-state index < -0.39 is 5.82 Å². The molecule has 0 spiro atoms. The molecule has 0 bridgehead atoms. The van der Waals surface area contributed by atoms with Gasteiger partial charge in [0, 0.05) is 18.7 Å². The first-order valence-electron chi connectivity index (χ1n) is 6.80. The van der Waals surface area contributed by atoms with Crippen LogP contribution in [0.5, 0.6) is 0 Å². The van der Waals surface area contributed by atoms with Gasteiger partial charge in [0.1, 0.15) is 12.4 Å². The summed E-state index contributed by atoms with van der Waals surface area (Å²) in [6.45, 7) is 3.20. The molecule has 20 heavy (non-hydrogen) atoms. The van der Waals surface area contributed by atoms with Crippen molar-refractivity contribution in [1.82, 2.24) is 4.90 Å². The van der Waals surface area contributed by atoms with Crippen molar-refractivity contribution < 1.29 is 14.3 Å². The molecule has 3 nitrogen and oxygen atoms in total. The van der Waals surface area contributed by atoms with E-state index in [4.69, 9.17) is 5.11 Å². The van der Waals surface area contributed by atoms with E-state index in [1.807, 2.05) is 0 Å². The lowest BCUT2D eigenvalue weighted by molar-refractivity contribution is 0.0678. The fourth-order valence-corrected chi connectivity index (χ4v) is 2.45. The molecule has 1 aromatic rings. The standard InChI is InChI=1S/C16H18FNO2/c1-12-4-2-8-18(11-12)16(20)14-7-6-13(5-3-9-19)10-15(14)17/h6-7,10,12,19H,2,4,8-9,11H2,1H3. The monoisotopic (exact) mass is 275 g/mol. The number of aliphatic hydroxyl groups excluding tert-OH is 1. The van der Waals surface area contributed by atoms with Crippen molar-refractivity contribution in [2.24, 2.45) is 5.92 Å². The Bertz CT molecular complexity index is 559. The molecule has 0 aromatic heterocycles. The Morgan fingerprint density at radius 3 is 3.00 bits per heavy atom. The van der Waals surface area contributed by atoms with Crippen LogP contribution in [-0.4, -0.2) is 35.6 Å². The van der Waals surface area contributed by atoms with Crippen LogP contribution in [0.15, 0.2) is 18.2 Å². The van der Waals surface area contributed by atoms with Crippen LogP contribution < -0.4 is 0 Å². The number of nitrogens with zero attached hydrogens (tertiary/aromatic N) is 1. The number of rotatable bonds is 1. The van der Waals surface area contributed by atoms with E-state index in [0.717, 1.165) is 12.8 Å². The number of piperidine rings is 1. The van der Waals surface area contributed by atoms with Gasteiger partial charge in [-0.2, -0.15) is 0 Å². The van der Waals surface area contributed by atoms with Crippen molar-refractivity contribution in [2.75, 3.05) is 19.7 Å². The smallest absolute Gasteiger partial charge is 0.256 e. The maximum atomic E-state index is 14.0. The quantitative estimate of drug-likeness (QED) is 0.797. The van der Waals surface area contributed by atoms with E-state index >= 15 is 0 Å². The molecular formula is C16H18FNO2. The van der Waals surface area contributed by atoms with Crippen molar-refractivity contribution in [3.63, 3.8) is 0 Å². The molecule has 1 fully saturated rings. The summed E-state index contributed by atoms with van der Waals surface area (Å²) >= 11 is 0. The van der Waals surface area contributed by atoms with Gasteiger partial charge >= 0.3 is 0 Å². The zero-order valence-corrected chi connectivity index (χ0v) is 11.5. The molecule has 1 aliphatic rings. The second kappa shape index (κ2) is 6.53. The number of carbonyl (C=O) groups is 1. The minimum absolute atomic E-state index is 0.0913. The maximum Gasteiger partial charge on any atom is 0.256 e. The van der Waals surface area contributed by atoms with Gasteiger partial charge in [-0.3, -0.25) is 4.79 Å².